The van der Waals surface area contributed by atoms with E-state index in [0.29, 0.717) is 10.6 Å². The average Bonchev–Trinajstić information content (AvgIpc) is 2.83. The predicted octanol–water partition coefficient (Wildman–Crippen LogP) is 1.98. The Hall–Kier alpha value is -1.84. The minimum atomic E-state index is -3.51. The van der Waals surface area contributed by atoms with Crippen LogP contribution < -0.4 is 4.72 Å². The highest BCUT2D eigenvalue weighted by Gasteiger charge is 2.13. The van der Waals surface area contributed by atoms with Crippen molar-refractivity contribution in [3.05, 3.63) is 56.0 Å². The Balaban J connectivity index is 1.98. The second-order valence-electron chi connectivity index (χ2n) is 4.39. The zero-order chi connectivity index (χ0) is 15.5. The lowest BCUT2D eigenvalue weighted by Gasteiger charge is -2.05. The SMILES string of the molecule is Cc1csc(CNS(=O)(=O)Cc2ccc([N+](=O)[O-])cc2)n1. The molecule has 2 aromatic rings. The van der Waals surface area contributed by atoms with Crippen molar-refractivity contribution >= 4 is 27.0 Å². The van der Waals surface area contributed by atoms with Crippen molar-refractivity contribution < 1.29 is 13.3 Å². The molecule has 7 nitrogen and oxygen atoms in total. The molecule has 0 saturated carbocycles. The Kier molecular flexibility index (Phi) is 4.66. The van der Waals surface area contributed by atoms with Crippen molar-refractivity contribution in [1.82, 2.24) is 9.71 Å². The molecule has 112 valence electrons. The number of nitrogens with one attached hydrogen (secondary N) is 1. The van der Waals surface area contributed by atoms with Gasteiger partial charge in [0.25, 0.3) is 5.69 Å². The number of aromatic nitrogens is 1. The van der Waals surface area contributed by atoms with E-state index in [0.717, 1.165) is 5.69 Å². The van der Waals surface area contributed by atoms with Gasteiger partial charge in [-0.25, -0.2) is 18.1 Å². The fourth-order valence-electron chi connectivity index (χ4n) is 1.64. The molecule has 9 heteroatoms. The second-order valence-corrected chi connectivity index (χ2v) is 7.14. The summed E-state index contributed by atoms with van der Waals surface area (Å²) in [6.45, 7) is 1.99. The Morgan fingerprint density at radius 1 is 1.33 bits per heavy atom. The van der Waals surface area contributed by atoms with Gasteiger partial charge in [-0.05, 0) is 12.5 Å². The molecule has 1 N–H and O–H groups in total. The fraction of sp³-hybridized carbons (Fsp3) is 0.250. The predicted molar refractivity (Wildman–Crippen MR) is 79.4 cm³/mol. The van der Waals surface area contributed by atoms with E-state index in [-0.39, 0.29) is 18.0 Å². The maximum absolute atomic E-state index is 11.9. The molecule has 0 aliphatic rings. The van der Waals surface area contributed by atoms with Crippen molar-refractivity contribution in [2.45, 2.75) is 19.2 Å². The molecule has 0 fully saturated rings. The molecular weight excluding hydrogens is 314 g/mol. The minimum absolute atomic E-state index is 0.0673. The number of thiazole rings is 1. The smallest absolute Gasteiger partial charge is 0.258 e. The fourth-order valence-corrected chi connectivity index (χ4v) is 3.53. The average molecular weight is 327 g/mol. The van der Waals surface area contributed by atoms with Crippen LogP contribution in [0.5, 0.6) is 0 Å². The summed E-state index contributed by atoms with van der Waals surface area (Å²) in [5, 5.41) is 13.1. The van der Waals surface area contributed by atoms with Gasteiger partial charge in [-0.3, -0.25) is 10.1 Å². The van der Waals surface area contributed by atoms with Crippen LogP contribution in [-0.2, 0) is 22.3 Å². The lowest BCUT2D eigenvalue weighted by molar-refractivity contribution is -0.384. The van der Waals surface area contributed by atoms with Gasteiger partial charge in [-0.1, -0.05) is 12.1 Å². The highest BCUT2D eigenvalue weighted by Crippen LogP contribution is 2.14. The number of sulfonamides is 1. The summed E-state index contributed by atoms with van der Waals surface area (Å²) in [6, 6.07) is 5.44. The molecule has 0 atom stereocenters. The van der Waals surface area contributed by atoms with E-state index in [4.69, 9.17) is 0 Å². The van der Waals surface area contributed by atoms with Gasteiger partial charge in [0.15, 0.2) is 0 Å². The third-order valence-corrected chi connectivity index (χ3v) is 4.88. The van der Waals surface area contributed by atoms with Crippen LogP contribution in [0.1, 0.15) is 16.3 Å². The van der Waals surface area contributed by atoms with E-state index in [9.17, 15) is 18.5 Å². The molecule has 21 heavy (non-hydrogen) atoms. The van der Waals surface area contributed by atoms with Gasteiger partial charge in [0, 0.05) is 23.2 Å². The zero-order valence-corrected chi connectivity index (χ0v) is 12.8. The van der Waals surface area contributed by atoms with Crippen LogP contribution in [0, 0.1) is 17.0 Å². The van der Waals surface area contributed by atoms with Crippen LogP contribution in [0.15, 0.2) is 29.6 Å². The lowest BCUT2D eigenvalue weighted by atomic mass is 10.2. The topological polar surface area (TPSA) is 102 Å². The van der Waals surface area contributed by atoms with Crippen LogP contribution in [0.4, 0.5) is 5.69 Å². The van der Waals surface area contributed by atoms with Crippen LogP contribution in [0.2, 0.25) is 0 Å². The summed E-state index contributed by atoms with van der Waals surface area (Å²) in [5.41, 5.74) is 1.27. The maximum Gasteiger partial charge on any atom is 0.269 e. The first-order valence-electron chi connectivity index (χ1n) is 5.97. The Labute approximate surface area is 125 Å². The third-order valence-electron chi connectivity index (χ3n) is 2.61. The lowest BCUT2D eigenvalue weighted by Crippen LogP contribution is -2.24. The van der Waals surface area contributed by atoms with Crippen molar-refractivity contribution in [3.63, 3.8) is 0 Å². The van der Waals surface area contributed by atoms with Gasteiger partial charge in [-0.15, -0.1) is 11.3 Å². The first kappa shape index (κ1) is 15.5. The number of hydrogen-bond donors (Lipinski definition) is 1. The molecule has 1 heterocycles. The highest BCUT2D eigenvalue weighted by molar-refractivity contribution is 7.88. The van der Waals surface area contributed by atoms with Crippen LogP contribution in [0.25, 0.3) is 0 Å². The summed E-state index contributed by atoms with van der Waals surface area (Å²) in [7, 11) is -3.51. The monoisotopic (exact) mass is 327 g/mol. The van der Waals surface area contributed by atoms with Crippen LogP contribution in [0.3, 0.4) is 0 Å². The molecule has 1 aromatic heterocycles. The Bertz CT molecular complexity index is 738. The van der Waals surface area contributed by atoms with Crippen LogP contribution >= 0.6 is 11.3 Å². The van der Waals surface area contributed by atoms with Crippen molar-refractivity contribution in [3.8, 4) is 0 Å². The van der Waals surface area contributed by atoms with Crippen LogP contribution in [-0.4, -0.2) is 18.3 Å². The Morgan fingerprint density at radius 3 is 2.52 bits per heavy atom. The molecule has 1 aromatic carbocycles. The number of benzene rings is 1. The summed E-state index contributed by atoms with van der Waals surface area (Å²) >= 11 is 1.39. The first-order valence-corrected chi connectivity index (χ1v) is 8.50. The largest absolute Gasteiger partial charge is 0.269 e. The summed E-state index contributed by atoms with van der Waals surface area (Å²) in [5.74, 6) is -0.227. The molecule has 0 bridgehead atoms. The molecule has 0 saturated heterocycles. The number of nitrogens with zero attached hydrogens (tertiary/aromatic N) is 2. The summed E-state index contributed by atoms with van der Waals surface area (Å²) < 4.78 is 26.3. The minimum Gasteiger partial charge on any atom is -0.258 e. The molecule has 0 unspecified atom stereocenters. The molecule has 0 aliphatic heterocycles. The third kappa shape index (κ3) is 4.59. The number of non-ortho nitro benzene ring substituents is 1. The van der Waals surface area contributed by atoms with Crippen molar-refractivity contribution in [2.24, 2.45) is 0 Å². The number of nitro benzene ring substituents is 1. The molecule has 0 amide bonds. The molecule has 0 aliphatic carbocycles. The number of rotatable bonds is 6. The van der Waals surface area contributed by atoms with E-state index in [2.05, 4.69) is 9.71 Å². The first-order chi connectivity index (χ1) is 9.85. The van der Waals surface area contributed by atoms with E-state index < -0.39 is 14.9 Å². The number of aryl methyl sites for hydroxylation is 1. The van der Waals surface area contributed by atoms with Crippen molar-refractivity contribution in [1.29, 1.82) is 0 Å². The van der Waals surface area contributed by atoms with E-state index >= 15 is 0 Å². The van der Waals surface area contributed by atoms with Gasteiger partial charge >= 0.3 is 0 Å². The Morgan fingerprint density at radius 2 is 2.00 bits per heavy atom. The van der Waals surface area contributed by atoms with E-state index in [1.807, 2.05) is 12.3 Å². The summed E-state index contributed by atoms with van der Waals surface area (Å²) in [6.07, 6.45) is 0. The molecule has 0 radical (unpaired) electrons. The van der Waals surface area contributed by atoms with Gasteiger partial charge in [0.2, 0.25) is 10.0 Å². The van der Waals surface area contributed by atoms with E-state index in [1.54, 1.807) is 0 Å². The van der Waals surface area contributed by atoms with Crippen molar-refractivity contribution in [2.75, 3.05) is 0 Å². The number of hydrogen-bond acceptors (Lipinski definition) is 6. The maximum atomic E-state index is 11.9. The number of nitro groups is 1. The van der Waals surface area contributed by atoms with Gasteiger partial charge < -0.3 is 0 Å². The highest BCUT2D eigenvalue weighted by atomic mass is 32.2. The van der Waals surface area contributed by atoms with Gasteiger partial charge in [0.1, 0.15) is 5.01 Å². The van der Waals surface area contributed by atoms with Gasteiger partial charge in [-0.2, -0.15) is 0 Å². The molecular formula is C12H13N3O4S2. The quantitative estimate of drug-likeness (QED) is 0.645. The molecule has 2 rings (SSSR count). The van der Waals surface area contributed by atoms with E-state index in [1.165, 1.54) is 35.6 Å². The molecule has 0 spiro atoms. The van der Waals surface area contributed by atoms with Gasteiger partial charge in [0.05, 0.1) is 17.2 Å². The second kappa shape index (κ2) is 6.29. The standard InChI is InChI=1S/C12H13N3O4S2/c1-9-7-20-12(14-9)6-13-21(18,19)8-10-2-4-11(5-3-10)15(16)17/h2-5,7,13H,6,8H2,1H3. The normalized spacial score (nSPS) is 11.5. The zero-order valence-electron chi connectivity index (χ0n) is 11.1. The summed E-state index contributed by atoms with van der Waals surface area (Å²) in [4.78, 5) is 14.2.